The Balaban J connectivity index is 2.65. The maximum atomic E-state index is 11.4. The molecule has 0 atom stereocenters. The van der Waals surface area contributed by atoms with Gasteiger partial charge in [0.25, 0.3) is 0 Å². The number of amides is 2. The maximum Gasteiger partial charge on any atom is 0.319 e. The van der Waals surface area contributed by atoms with Gasteiger partial charge in [0.15, 0.2) is 0 Å². The van der Waals surface area contributed by atoms with Gasteiger partial charge in [-0.2, -0.15) is 0 Å². The summed E-state index contributed by atoms with van der Waals surface area (Å²) in [5.74, 6) is 0. The molecule has 1 rings (SSSR count). The van der Waals surface area contributed by atoms with Crippen LogP contribution in [0.3, 0.4) is 0 Å². The summed E-state index contributed by atoms with van der Waals surface area (Å²) in [5.41, 5.74) is 0.265. The molecule has 0 fully saturated rings. The average molecular weight is 271 g/mol. The first-order chi connectivity index (χ1) is 8.43. The first-order valence-corrected chi connectivity index (χ1v) is 6.95. The summed E-state index contributed by atoms with van der Waals surface area (Å²) in [4.78, 5) is 11.0. The molecule has 100 valence electrons. The van der Waals surface area contributed by atoms with Crippen LogP contribution in [-0.2, 0) is 10.1 Å². The molecule has 6 nitrogen and oxygen atoms in total. The smallest absolute Gasteiger partial charge is 0.319 e. The van der Waals surface area contributed by atoms with Crippen LogP contribution in [0.4, 0.5) is 10.5 Å². The third-order valence-electron chi connectivity index (χ3n) is 2.20. The van der Waals surface area contributed by atoms with Gasteiger partial charge in [-0.1, -0.05) is 19.4 Å². The molecule has 1 aromatic rings. The number of carbonyl (C=O) groups is 1. The zero-order valence-corrected chi connectivity index (χ0v) is 10.8. The molecule has 2 N–H and O–H groups in total. The monoisotopic (exact) mass is 271 g/mol. The fraction of sp³-hybridized carbons (Fsp3) is 0.364. The maximum absolute atomic E-state index is 11.4. The minimum atomic E-state index is -4.50. The van der Waals surface area contributed by atoms with E-state index in [4.69, 9.17) is 0 Å². The number of hydrogen-bond donors (Lipinski definition) is 2. The van der Waals surface area contributed by atoms with Crippen molar-refractivity contribution in [3.8, 4) is 0 Å². The van der Waals surface area contributed by atoms with Crippen molar-refractivity contribution in [1.29, 1.82) is 0 Å². The first-order valence-electron chi connectivity index (χ1n) is 5.54. The van der Waals surface area contributed by atoms with Crippen LogP contribution in [0, 0.1) is 0 Å². The van der Waals surface area contributed by atoms with E-state index in [0.29, 0.717) is 6.54 Å². The van der Waals surface area contributed by atoms with Crippen molar-refractivity contribution in [2.24, 2.45) is 0 Å². The molecule has 1 aromatic carbocycles. The van der Waals surface area contributed by atoms with Crippen molar-refractivity contribution < 1.29 is 17.8 Å². The molecule has 2 amide bonds. The van der Waals surface area contributed by atoms with E-state index >= 15 is 0 Å². The summed E-state index contributed by atoms with van der Waals surface area (Å²) >= 11 is 0. The van der Waals surface area contributed by atoms with Gasteiger partial charge in [0.05, 0.1) is 4.90 Å². The summed E-state index contributed by atoms with van der Waals surface area (Å²) < 4.78 is 32.4. The molecular formula is C11H15N2O4S-. The number of benzene rings is 1. The summed E-state index contributed by atoms with van der Waals surface area (Å²) in [6.45, 7) is 2.55. The van der Waals surface area contributed by atoms with Crippen molar-refractivity contribution in [1.82, 2.24) is 5.32 Å². The van der Waals surface area contributed by atoms with Crippen molar-refractivity contribution >= 4 is 21.8 Å². The zero-order valence-electron chi connectivity index (χ0n) is 9.97. The molecule has 0 spiro atoms. The predicted molar refractivity (Wildman–Crippen MR) is 66.3 cm³/mol. The van der Waals surface area contributed by atoms with Gasteiger partial charge >= 0.3 is 6.03 Å². The van der Waals surface area contributed by atoms with Gasteiger partial charge in [0.1, 0.15) is 10.1 Å². The molecule has 0 saturated carbocycles. The van der Waals surface area contributed by atoms with Crippen LogP contribution in [-0.4, -0.2) is 25.5 Å². The van der Waals surface area contributed by atoms with Crippen LogP contribution in [0.15, 0.2) is 29.2 Å². The van der Waals surface area contributed by atoms with E-state index in [1.807, 2.05) is 6.92 Å². The molecule has 18 heavy (non-hydrogen) atoms. The molecule has 0 bridgehead atoms. The Bertz CT molecular complexity index is 514. The van der Waals surface area contributed by atoms with Crippen molar-refractivity contribution in [2.75, 3.05) is 11.9 Å². The molecule has 0 aromatic heterocycles. The largest absolute Gasteiger partial charge is 0.744 e. The number of hydrogen-bond acceptors (Lipinski definition) is 4. The molecule has 7 heteroatoms. The van der Waals surface area contributed by atoms with E-state index in [1.54, 1.807) is 0 Å². The Morgan fingerprint density at radius 3 is 2.72 bits per heavy atom. The molecule has 0 unspecified atom stereocenters. The number of unbranched alkanes of at least 4 members (excludes halogenated alkanes) is 1. The van der Waals surface area contributed by atoms with Gasteiger partial charge in [-0.15, -0.1) is 0 Å². The number of rotatable bonds is 5. The van der Waals surface area contributed by atoms with Crippen LogP contribution < -0.4 is 10.6 Å². The second-order valence-electron chi connectivity index (χ2n) is 3.72. The van der Waals surface area contributed by atoms with E-state index in [9.17, 15) is 17.8 Å². The molecular weight excluding hydrogens is 256 g/mol. The summed E-state index contributed by atoms with van der Waals surface area (Å²) in [7, 11) is -4.50. The van der Waals surface area contributed by atoms with E-state index in [2.05, 4.69) is 10.6 Å². The topological polar surface area (TPSA) is 98.3 Å². The molecule has 0 aliphatic heterocycles. The van der Waals surface area contributed by atoms with Gasteiger partial charge in [0.2, 0.25) is 0 Å². The van der Waals surface area contributed by atoms with Crippen molar-refractivity contribution in [3.63, 3.8) is 0 Å². The minimum Gasteiger partial charge on any atom is -0.744 e. The van der Waals surface area contributed by atoms with Gasteiger partial charge < -0.3 is 15.2 Å². The molecule has 0 heterocycles. The number of nitrogens with one attached hydrogen (secondary N) is 2. The van der Waals surface area contributed by atoms with Crippen LogP contribution in [0.5, 0.6) is 0 Å². The minimum absolute atomic E-state index is 0.265. The lowest BCUT2D eigenvalue weighted by molar-refractivity contribution is 0.252. The SMILES string of the molecule is CCCCNC(=O)Nc1cccc(S(=O)(=O)[O-])c1. The lowest BCUT2D eigenvalue weighted by Crippen LogP contribution is -2.29. The molecule has 0 aliphatic rings. The Kier molecular flexibility index (Phi) is 5.11. The third-order valence-corrected chi connectivity index (χ3v) is 3.03. The highest BCUT2D eigenvalue weighted by Crippen LogP contribution is 2.14. The first kappa shape index (κ1) is 14.5. The highest BCUT2D eigenvalue weighted by molar-refractivity contribution is 7.85. The highest BCUT2D eigenvalue weighted by Gasteiger charge is 2.04. The van der Waals surface area contributed by atoms with Gasteiger partial charge in [-0.3, -0.25) is 0 Å². The standard InChI is InChI=1S/C11H16N2O4S/c1-2-3-7-12-11(14)13-9-5-4-6-10(8-9)18(15,16)17/h4-6,8H,2-3,7H2,1H3,(H2,12,13,14)(H,15,16,17)/p-1. The molecule has 0 aliphatic carbocycles. The number of urea groups is 1. The van der Waals surface area contributed by atoms with E-state index in [1.165, 1.54) is 18.2 Å². The number of carbonyl (C=O) groups excluding carboxylic acids is 1. The zero-order chi connectivity index (χ0) is 13.6. The normalized spacial score (nSPS) is 11.0. The highest BCUT2D eigenvalue weighted by atomic mass is 32.2. The van der Waals surface area contributed by atoms with Crippen molar-refractivity contribution in [2.45, 2.75) is 24.7 Å². The Hall–Kier alpha value is -1.60. The quantitative estimate of drug-likeness (QED) is 0.626. The Morgan fingerprint density at radius 2 is 2.11 bits per heavy atom. The van der Waals surface area contributed by atoms with E-state index in [-0.39, 0.29) is 10.6 Å². The Labute approximate surface area is 106 Å². The predicted octanol–water partition coefficient (Wildman–Crippen LogP) is 1.51. The van der Waals surface area contributed by atoms with Crippen LogP contribution in [0.25, 0.3) is 0 Å². The van der Waals surface area contributed by atoms with Gasteiger partial charge in [-0.05, 0) is 24.6 Å². The molecule has 0 saturated heterocycles. The van der Waals surface area contributed by atoms with E-state index < -0.39 is 16.1 Å². The fourth-order valence-corrected chi connectivity index (χ4v) is 1.80. The van der Waals surface area contributed by atoms with Crippen molar-refractivity contribution in [3.05, 3.63) is 24.3 Å². The average Bonchev–Trinajstić information content (AvgIpc) is 2.28. The van der Waals surface area contributed by atoms with Gasteiger partial charge in [-0.25, -0.2) is 13.2 Å². The third kappa shape index (κ3) is 4.72. The summed E-state index contributed by atoms with van der Waals surface area (Å²) in [6.07, 6.45) is 1.83. The second kappa shape index (κ2) is 6.36. The fourth-order valence-electron chi connectivity index (χ4n) is 1.28. The lowest BCUT2D eigenvalue weighted by Gasteiger charge is -2.10. The Morgan fingerprint density at radius 1 is 1.39 bits per heavy atom. The lowest BCUT2D eigenvalue weighted by atomic mass is 10.3. The van der Waals surface area contributed by atoms with Crippen LogP contribution in [0.1, 0.15) is 19.8 Å². The van der Waals surface area contributed by atoms with Crippen LogP contribution in [0.2, 0.25) is 0 Å². The summed E-state index contributed by atoms with van der Waals surface area (Å²) in [6, 6.07) is 4.79. The van der Waals surface area contributed by atoms with E-state index in [0.717, 1.165) is 18.9 Å². The molecule has 0 radical (unpaired) electrons. The second-order valence-corrected chi connectivity index (χ2v) is 5.10. The van der Waals surface area contributed by atoms with Crippen LogP contribution >= 0.6 is 0 Å². The summed E-state index contributed by atoms with van der Waals surface area (Å²) in [5, 5.41) is 5.07. The van der Waals surface area contributed by atoms with Gasteiger partial charge in [0, 0.05) is 12.2 Å². The number of anilines is 1.